The Labute approximate surface area is 102 Å². The van der Waals surface area contributed by atoms with Crippen LogP contribution < -0.4 is 0 Å². The number of hydrogen-bond donors (Lipinski definition) is 0. The van der Waals surface area contributed by atoms with E-state index in [0.717, 1.165) is 18.6 Å². The molecule has 0 spiro atoms. The molecule has 1 atom stereocenters. The molecule has 2 rings (SSSR count). The first-order valence-electron chi connectivity index (χ1n) is 5.56. The van der Waals surface area contributed by atoms with Gasteiger partial charge in [0, 0.05) is 18.2 Å². The van der Waals surface area contributed by atoms with Crippen molar-refractivity contribution in [2.24, 2.45) is 0 Å². The Morgan fingerprint density at radius 1 is 1.44 bits per heavy atom. The van der Waals surface area contributed by atoms with E-state index in [1.807, 2.05) is 0 Å². The van der Waals surface area contributed by atoms with Crippen molar-refractivity contribution in [1.82, 2.24) is 4.90 Å². The third-order valence-electron chi connectivity index (χ3n) is 3.08. The van der Waals surface area contributed by atoms with E-state index in [9.17, 15) is 18.0 Å². The highest BCUT2D eigenvalue weighted by Gasteiger charge is 2.33. The maximum Gasteiger partial charge on any atom is 0.416 e. The Bertz CT molecular complexity index is 457. The van der Waals surface area contributed by atoms with Crippen LogP contribution in [0.25, 0.3) is 5.73 Å². The van der Waals surface area contributed by atoms with E-state index in [0.29, 0.717) is 6.54 Å². The summed E-state index contributed by atoms with van der Waals surface area (Å²) in [6, 6.07) is 4.24. The van der Waals surface area contributed by atoms with Crippen LogP contribution in [0.5, 0.6) is 0 Å². The lowest BCUT2D eigenvalue weighted by Gasteiger charge is -2.42. The Balaban J connectivity index is 2.21. The molecule has 1 heterocycles. The molecule has 98 valence electrons. The van der Waals surface area contributed by atoms with Gasteiger partial charge in [-0.3, -0.25) is 4.79 Å². The summed E-state index contributed by atoms with van der Waals surface area (Å²) in [5, 5.41) is 0. The second-order valence-corrected chi connectivity index (χ2v) is 4.22. The zero-order valence-electron chi connectivity index (χ0n) is 9.50. The Hall–Kier alpha value is -1.56. The fourth-order valence-corrected chi connectivity index (χ4v) is 1.91. The van der Waals surface area contributed by atoms with Crippen molar-refractivity contribution < 1.29 is 18.0 Å². The van der Waals surface area contributed by atoms with Crippen molar-refractivity contribution >= 4 is 5.91 Å². The van der Waals surface area contributed by atoms with E-state index in [1.165, 1.54) is 17.0 Å². The summed E-state index contributed by atoms with van der Waals surface area (Å²) >= 11 is 0. The number of benzene rings is 1. The largest absolute Gasteiger partial charge is 0.676 e. The topological polar surface area (TPSA) is 44.1 Å². The standard InChI is InChI=1S/C12H12F3N2O/c13-12(14,15)9-3-1-2-8(6-9)11(18)17-5-4-10(17)7-16/h1-3,6,10,16H,4-5,7H2/q-1. The number of amides is 1. The van der Waals surface area contributed by atoms with Gasteiger partial charge in [0.2, 0.25) is 0 Å². The van der Waals surface area contributed by atoms with Crippen molar-refractivity contribution in [3.8, 4) is 0 Å². The van der Waals surface area contributed by atoms with Gasteiger partial charge >= 0.3 is 6.18 Å². The van der Waals surface area contributed by atoms with Crippen molar-refractivity contribution in [2.45, 2.75) is 18.6 Å². The summed E-state index contributed by atoms with van der Waals surface area (Å²) in [6.45, 7) is 0.601. The van der Waals surface area contributed by atoms with E-state index >= 15 is 0 Å². The van der Waals surface area contributed by atoms with Crippen LogP contribution in [0, 0.1) is 0 Å². The van der Waals surface area contributed by atoms with E-state index in [4.69, 9.17) is 5.73 Å². The second-order valence-electron chi connectivity index (χ2n) is 4.22. The fourth-order valence-electron chi connectivity index (χ4n) is 1.91. The summed E-state index contributed by atoms with van der Waals surface area (Å²) in [5.74, 6) is -0.426. The summed E-state index contributed by atoms with van der Waals surface area (Å²) in [4.78, 5) is 13.4. The summed E-state index contributed by atoms with van der Waals surface area (Å²) in [7, 11) is 0. The third-order valence-corrected chi connectivity index (χ3v) is 3.08. The lowest BCUT2D eigenvalue weighted by Crippen LogP contribution is -2.52. The predicted octanol–water partition coefficient (Wildman–Crippen LogP) is 2.97. The number of nitrogens with zero attached hydrogens (tertiary/aromatic N) is 1. The van der Waals surface area contributed by atoms with Crippen LogP contribution in [0.15, 0.2) is 24.3 Å². The van der Waals surface area contributed by atoms with E-state index in [-0.39, 0.29) is 18.2 Å². The molecular weight excluding hydrogens is 245 g/mol. The minimum Gasteiger partial charge on any atom is -0.676 e. The molecular formula is C12H12F3N2O-. The van der Waals surface area contributed by atoms with Gasteiger partial charge in [0.05, 0.1) is 5.56 Å². The molecule has 1 saturated heterocycles. The SMILES string of the molecule is [NH-]CC1CCN1C(=O)c1cccc(C(F)(F)F)c1. The lowest BCUT2D eigenvalue weighted by atomic mass is 10.0. The van der Waals surface area contributed by atoms with Gasteiger partial charge in [-0.25, -0.2) is 0 Å². The maximum absolute atomic E-state index is 12.5. The van der Waals surface area contributed by atoms with Gasteiger partial charge in [0.15, 0.2) is 0 Å². The van der Waals surface area contributed by atoms with E-state index in [2.05, 4.69) is 0 Å². The van der Waals surface area contributed by atoms with Gasteiger partial charge in [-0.05, 0) is 24.6 Å². The van der Waals surface area contributed by atoms with Crippen molar-refractivity contribution in [2.75, 3.05) is 13.1 Å². The molecule has 1 aromatic rings. The molecule has 0 aliphatic carbocycles. The number of halogens is 3. The Kier molecular flexibility index (Phi) is 3.30. The molecule has 18 heavy (non-hydrogen) atoms. The van der Waals surface area contributed by atoms with Crippen LogP contribution in [-0.4, -0.2) is 29.9 Å². The smallest absolute Gasteiger partial charge is 0.416 e. The van der Waals surface area contributed by atoms with Crippen LogP contribution in [0.2, 0.25) is 0 Å². The lowest BCUT2D eigenvalue weighted by molar-refractivity contribution is -0.137. The number of carbonyl (C=O) groups excluding carboxylic acids is 1. The Morgan fingerprint density at radius 3 is 2.67 bits per heavy atom. The van der Waals surface area contributed by atoms with Crippen LogP contribution in [-0.2, 0) is 6.18 Å². The third kappa shape index (κ3) is 2.33. The number of hydrogen-bond acceptors (Lipinski definition) is 1. The highest BCUT2D eigenvalue weighted by atomic mass is 19.4. The van der Waals surface area contributed by atoms with Crippen LogP contribution in [0.3, 0.4) is 0 Å². The molecule has 0 saturated carbocycles. The molecule has 1 amide bonds. The molecule has 1 aliphatic rings. The fraction of sp³-hybridized carbons (Fsp3) is 0.417. The monoisotopic (exact) mass is 257 g/mol. The zero-order chi connectivity index (χ0) is 13.3. The predicted molar refractivity (Wildman–Crippen MR) is 60.1 cm³/mol. The molecule has 1 unspecified atom stereocenters. The van der Waals surface area contributed by atoms with E-state index < -0.39 is 17.6 Å². The number of rotatable bonds is 2. The van der Waals surface area contributed by atoms with Crippen molar-refractivity contribution in [1.29, 1.82) is 0 Å². The van der Waals surface area contributed by atoms with Gasteiger partial charge in [0.1, 0.15) is 0 Å². The molecule has 3 nitrogen and oxygen atoms in total. The Morgan fingerprint density at radius 2 is 2.17 bits per heavy atom. The normalized spacial score (nSPS) is 19.6. The molecule has 1 aromatic carbocycles. The molecule has 1 N–H and O–H groups in total. The molecule has 1 fully saturated rings. The average Bonchev–Trinajstić information content (AvgIpc) is 2.27. The van der Waals surface area contributed by atoms with E-state index in [1.54, 1.807) is 0 Å². The number of likely N-dealkylation sites (tertiary alicyclic amines) is 1. The first-order chi connectivity index (χ1) is 8.43. The summed E-state index contributed by atoms with van der Waals surface area (Å²) in [6.07, 6.45) is -3.70. The van der Waals surface area contributed by atoms with Crippen molar-refractivity contribution in [3.05, 3.63) is 41.1 Å². The zero-order valence-corrected chi connectivity index (χ0v) is 9.50. The van der Waals surface area contributed by atoms with Gasteiger partial charge in [0.25, 0.3) is 5.91 Å². The minimum absolute atomic E-state index is 0.0305. The van der Waals surface area contributed by atoms with Gasteiger partial charge < -0.3 is 10.6 Å². The first-order valence-corrected chi connectivity index (χ1v) is 5.56. The van der Waals surface area contributed by atoms with Crippen molar-refractivity contribution in [3.63, 3.8) is 0 Å². The maximum atomic E-state index is 12.5. The number of nitrogens with one attached hydrogen (secondary N) is 1. The molecule has 0 aromatic heterocycles. The summed E-state index contributed by atoms with van der Waals surface area (Å²) in [5.41, 5.74) is 6.42. The molecule has 0 radical (unpaired) electrons. The van der Waals surface area contributed by atoms with Gasteiger partial charge in [-0.2, -0.15) is 13.2 Å². The molecule has 0 bridgehead atoms. The number of carbonyl (C=O) groups is 1. The highest BCUT2D eigenvalue weighted by molar-refractivity contribution is 5.95. The average molecular weight is 257 g/mol. The quantitative estimate of drug-likeness (QED) is 0.803. The van der Waals surface area contributed by atoms with Crippen LogP contribution in [0.4, 0.5) is 13.2 Å². The first kappa shape index (κ1) is 12.9. The summed E-state index contributed by atoms with van der Waals surface area (Å²) < 4.78 is 37.5. The number of alkyl halides is 3. The van der Waals surface area contributed by atoms with Crippen LogP contribution >= 0.6 is 0 Å². The highest BCUT2D eigenvalue weighted by Crippen LogP contribution is 2.30. The van der Waals surface area contributed by atoms with Gasteiger partial charge in [-0.15, -0.1) is 6.54 Å². The van der Waals surface area contributed by atoms with Crippen LogP contribution in [0.1, 0.15) is 22.3 Å². The second kappa shape index (κ2) is 4.61. The van der Waals surface area contributed by atoms with Gasteiger partial charge in [-0.1, -0.05) is 6.07 Å². The molecule has 1 aliphatic heterocycles. The minimum atomic E-state index is -4.44. The molecule has 6 heteroatoms.